The standard InChI is InChI=1S/C17H14F2N4O3/c18-17(19)25-12-5-3-4-11(10-12)21-14(24)7-8-15-22-16(23-26-15)13-6-1-2-9-20-13/h1-6,9-10,17H,7-8H2,(H,21,24). The predicted molar refractivity (Wildman–Crippen MR) is 87.6 cm³/mol. The molecule has 0 fully saturated rings. The lowest BCUT2D eigenvalue weighted by molar-refractivity contribution is -0.116. The zero-order valence-corrected chi connectivity index (χ0v) is 13.4. The van der Waals surface area contributed by atoms with Crippen molar-refractivity contribution in [2.45, 2.75) is 19.5 Å². The molecule has 0 radical (unpaired) electrons. The van der Waals surface area contributed by atoms with Crippen LogP contribution in [0, 0.1) is 0 Å². The summed E-state index contributed by atoms with van der Waals surface area (Å²) in [7, 11) is 0. The number of hydrogen-bond acceptors (Lipinski definition) is 6. The molecule has 0 saturated carbocycles. The number of pyridine rings is 1. The van der Waals surface area contributed by atoms with Crippen LogP contribution in [-0.4, -0.2) is 27.6 Å². The third-order valence-electron chi connectivity index (χ3n) is 3.27. The number of halogens is 2. The highest BCUT2D eigenvalue weighted by molar-refractivity contribution is 5.90. The number of alkyl halides is 2. The molecule has 134 valence electrons. The first-order valence-electron chi connectivity index (χ1n) is 7.69. The number of aryl methyl sites for hydroxylation is 1. The second-order valence-corrected chi connectivity index (χ2v) is 5.18. The Hall–Kier alpha value is -3.36. The van der Waals surface area contributed by atoms with Crippen molar-refractivity contribution in [1.82, 2.24) is 15.1 Å². The number of carbonyl (C=O) groups is 1. The van der Waals surface area contributed by atoms with Crippen molar-refractivity contribution < 1.29 is 22.8 Å². The van der Waals surface area contributed by atoms with Crippen molar-refractivity contribution in [3.05, 3.63) is 54.6 Å². The molecule has 26 heavy (non-hydrogen) atoms. The van der Waals surface area contributed by atoms with Crippen LogP contribution in [0.5, 0.6) is 5.75 Å². The number of ether oxygens (including phenoxy) is 1. The van der Waals surface area contributed by atoms with Crippen LogP contribution < -0.4 is 10.1 Å². The first kappa shape index (κ1) is 17.5. The van der Waals surface area contributed by atoms with Gasteiger partial charge >= 0.3 is 6.61 Å². The van der Waals surface area contributed by atoms with E-state index in [0.717, 1.165) is 0 Å². The fourth-order valence-electron chi connectivity index (χ4n) is 2.15. The van der Waals surface area contributed by atoms with Crippen LogP contribution in [0.25, 0.3) is 11.5 Å². The number of aromatic nitrogens is 3. The van der Waals surface area contributed by atoms with E-state index in [4.69, 9.17) is 4.52 Å². The average Bonchev–Trinajstić information content (AvgIpc) is 3.09. The lowest BCUT2D eigenvalue weighted by atomic mass is 10.2. The summed E-state index contributed by atoms with van der Waals surface area (Å²) >= 11 is 0. The third kappa shape index (κ3) is 4.82. The Labute approximate surface area is 147 Å². The second-order valence-electron chi connectivity index (χ2n) is 5.18. The van der Waals surface area contributed by atoms with E-state index in [1.165, 1.54) is 18.2 Å². The molecule has 0 bridgehead atoms. The number of nitrogens with zero attached hydrogens (tertiary/aromatic N) is 3. The average molecular weight is 360 g/mol. The normalized spacial score (nSPS) is 10.7. The fourth-order valence-corrected chi connectivity index (χ4v) is 2.15. The van der Waals surface area contributed by atoms with Crippen molar-refractivity contribution in [3.63, 3.8) is 0 Å². The van der Waals surface area contributed by atoms with Gasteiger partial charge in [0.1, 0.15) is 11.4 Å². The van der Waals surface area contributed by atoms with Gasteiger partial charge in [0.2, 0.25) is 17.6 Å². The van der Waals surface area contributed by atoms with Gasteiger partial charge in [0.05, 0.1) is 0 Å². The topological polar surface area (TPSA) is 90.1 Å². The highest BCUT2D eigenvalue weighted by Crippen LogP contribution is 2.19. The molecule has 0 saturated heterocycles. The summed E-state index contributed by atoms with van der Waals surface area (Å²) in [4.78, 5) is 20.3. The minimum atomic E-state index is -2.92. The van der Waals surface area contributed by atoms with Gasteiger partial charge in [0.25, 0.3) is 0 Å². The quantitative estimate of drug-likeness (QED) is 0.695. The summed E-state index contributed by atoms with van der Waals surface area (Å²) in [6.07, 6.45) is 1.94. The molecule has 0 aliphatic rings. The van der Waals surface area contributed by atoms with Gasteiger partial charge in [-0.2, -0.15) is 13.8 Å². The molecule has 1 amide bonds. The Balaban J connectivity index is 1.54. The van der Waals surface area contributed by atoms with E-state index >= 15 is 0 Å². The molecule has 3 rings (SSSR count). The molecule has 0 atom stereocenters. The van der Waals surface area contributed by atoms with E-state index in [-0.39, 0.29) is 24.5 Å². The van der Waals surface area contributed by atoms with Gasteiger partial charge in [-0.3, -0.25) is 9.78 Å². The Bertz CT molecular complexity index is 871. The zero-order chi connectivity index (χ0) is 18.4. The van der Waals surface area contributed by atoms with Crippen LogP contribution in [0.2, 0.25) is 0 Å². The summed E-state index contributed by atoms with van der Waals surface area (Å²) < 4.78 is 33.8. The molecule has 2 aromatic heterocycles. The van der Waals surface area contributed by atoms with E-state index in [9.17, 15) is 13.6 Å². The predicted octanol–water partition coefficient (Wildman–Crippen LogP) is 3.30. The van der Waals surface area contributed by atoms with Crippen molar-refractivity contribution in [1.29, 1.82) is 0 Å². The maximum atomic E-state index is 12.2. The lowest BCUT2D eigenvalue weighted by Crippen LogP contribution is -2.12. The van der Waals surface area contributed by atoms with Gasteiger partial charge in [-0.1, -0.05) is 17.3 Å². The fraction of sp³-hybridized carbons (Fsp3) is 0.176. The van der Waals surface area contributed by atoms with Crippen LogP contribution in [0.4, 0.5) is 14.5 Å². The summed E-state index contributed by atoms with van der Waals surface area (Å²) in [6.45, 7) is -2.92. The van der Waals surface area contributed by atoms with Crippen molar-refractivity contribution in [2.24, 2.45) is 0 Å². The first-order chi connectivity index (χ1) is 12.6. The van der Waals surface area contributed by atoms with E-state index in [1.54, 1.807) is 30.5 Å². The number of anilines is 1. The monoisotopic (exact) mass is 360 g/mol. The molecule has 1 N–H and O–H groups in total. The largest absolute Gasteiger partial charge is 0.435 e. The van der Waals surface area contributed by atoms with Gasteiger partial charge in [0, 0.05) is 30.8 Å². The molecule has 0 aliphatic carbocycles. The van der Waals surface area contributed by atoms with E-state index in [1.807, 2.05) is 0 Å². The summed E-state index contributed by atoms with van der Waals surface area (Å²) in [5, 5.41) is 6.42. The molecule has 3 aromatic rings. The Morgan fingerprint density at radius 2 is 2.12 bits per heavy atom. The van der Waals surface area contributed by atoms with E-state index in [0.29, 0.717) is 23.1 Å². The molecular weight excluding hydrogens is 346 g/mol. The SMILES string of the molecule is O=C(CCc1nc(-c2ccccn2)no1)Nc1cccc(OC(F)F)c1. The highest BCUT2D eigenvalue weighted by Gasteiger charge is 2.12. The molecule has 2 heterocycles. The minimum Gasteiger partial charge on any atom is -0.435 e. The van der Waals surface area contributed by atoms with Gasteiger partial charge in [-0.15, -0.1) is 0 Å². The van der Waals surface area contributed by atoms with Crippen molar-refractivity contribution in [2.75, 3.05) is 5.32 Å². The second kappa shape index (κ2) is 8.15. The maximum absolute atomic E-state index is 12.2. The van der Waals surface area contributed by atoms with E-state index < -0.39 is 6.61 Å². The summed E-state index contributed by atoms with van der Waals surface area (Å²) in [5.74, 6) is 0.292. The van der Waals surface area contributed by atoms with Gasteiger partial charge in [-0.25, -0.2) is 0 Å². The van der Waals surface area contributed by atoms with Crippen molar-refractivity contribution in [3.8, 4) is 17.3 Å². The molecule has 0 unspecified atom stereocenters. The van der Waals surface area contributed by atoms with Crippen LogP contribution >= 0.6 is 0 Å². The van der Waals surface area contributed by atoms with Crippen molar-refractivity contribution >= 4 is 11.6 Å². The minimum absolute atomic E-state index is 0.0327. The molecule has 9 heteroatoms. The number of hydrogen-bond donors (Lipinski definition) is 1. The first-order valence-corrected chi connectivity index (χ1v) is 7.69. The number of nitrogens with one attached hydrogen (secondary N) is 1. The van der Waals surface area contributed by atoms with Gasteiger partial charge < -0.3 is 14.6 Å². The number of amides is 1. The highest BCUT2D eigenvalue weighted by atomic mass is 19.3. The number of benzene rings is 1. The molecule has 0 spiro atoms. The number of carbonyl (C=O) groups excluding carboxylic acids is 1. The molecular formula is C17H14F2N4O3. The smallest absolute Gasteiger partial charge is 0.387 e. The summed E-state index contributed by atoms with van der Waals surface area (Å²) in [6, 6.07) is 11.1. The molecule has 7 nitrogen and oxygen atoms in total. The Kier molecular flexibility index (Phi) is 5.47. The van der Waals surface area contributed by atoms with Gasteiger partial charge in [-0.05, 0) is 24.3 Å². The maximum Gasteiger partial charge on any atom is 0.387 e. The Morgan fingerprint density at radius 3 is 2.88 bits per heavy atom. The van der Waals surface area contributed by atoms with E-state index in [2.05, 4.69) is 25.2 Å². The number of rotatable bonds is 7. The summed E-state index contributed by atoms with van der Waals surface area (Å²) in [5.41, 5.74) is 0.927. The van der Waals surface area contributed by atoms with Crippen LogP contribution in [0.1, 0.15) is 12.3 Å². The van der Waals surface area contributed by atoms with Crippen LogP contribution in [-0.2, 0) is 11.2 Å². The van der Waals surface area contributed by atoms with Crippen LogP contribution in [0.3, 0.4) is 0 Å². The van der Waals surface area contributed by atoms with Gasteiger partial charge in [0.15, 0.2) is 0 Å². The zero-order valence-electron chi connectivity index (χ0n) is 13.4. The Morgan fingerprint density at radius 1 is 1.23 bits per heavy atom. The van der Waals surface area contributed by atoms with Crippen LogP contribution in [0.15, 0.2) is 53.2 Å². The third-order valence-corrected chi connectivity index (χ3v) is 3.27. The lowest BCUT2D eigenvalue weighted by Gasteiger charge is -2.07. The molecule has 0 aliphatic heterocycles. The molecule has 1 aromatic carbocycles.